The van der Waals surface area contributed by atoms with E-state index in [4.69, 9.17) is 4.74 Å². The van der Waals surface area contributed by atoms with Crippen LogP contribution in [0.25, 0.3) is 11.2 Å². The number of anilines is 1. The smallest absolute Gasteiger partial charge is 0.269 e. The number of nitrogens with one attached hydrogen (secondary N) is 1. The molecule has 4 unspecified atom stereocenters. The Labute approximate surface area is 209 Å². The van der Waals surface area contributed by atoms with E-state index < -0.39 is 46.6 Å². The van der Waals surface area contributed by atoms with E-state index in [9.17, 15) is 34.7 Å². The monoisotopic (exact) mass is 512 g/mol. The normalized spacial score (nSPS) is 14.3. The molecule has 0 aliphatic rings. The van der Waals surface area contributed by atoms with Crippen LogP contribution in [0.2, 0.25) is 0 Å². The summed E-state index contributed by atoms with van der Waals surface area (Å²) in [6, 6.07) is 5.12. The molecule has 37 heavy (non-hydrogen) atoms. The van der Waals surface area contributed by atoms with Crippen LogP contribution >= 0.6 is 0 Å². The molecule has 3 aromatic rings. The molecular formula is C23H24N6O8. The van der Waals surface area contributed by atoms with E-state index in [-0.39, 0.29) is 34.4 Å². The fourth-order valence-corrected chi connectivity index (χ4v) is 3.51. The van der Waals surface area contributed by atoms with Crippen LogP contribution in [0.1, 0.15) is 51.0 Å². The number of benzene rings is 1. The van der Waals surface area contributed by atoms with Gasteiger partial charge < -0.3 is 14.9 Å². The average molecular weight is 512 g/mol. The molecule has 194 valence electrons. The van der Waals surface area contributed by atoms with Crippen LogP contribution in [0.5, 0.6) is 5.88 Å². The van der Waals surface area contributed by atoms with Crippen molar-refractivity contribution in [3.63, 3.8) is 0 Å². The lowest BCUT2D eigenvalue weighted by atomic mass is 9.88. The lowest BCUT2D eigenvalue weighted by Gasteiger charge is -2.24. The summed E-state index contributed by atoms with van der Waals surface area (Å²) >= 11 is 0. The van der Waals surface area contributed by atoms with Gasteiger partial charge in [0.15, 0.2) is 23.1 Å². The first-order valence-corrected chi connectivity index (χ1v) is 11.0. The minimum absolute atomic E-state index is 0.0171. The van der Waals surface area contributed by atoms with E-state index in [2.05, 4.69) is 25.3 Å². The molecule has 0 fully saturated rings. The average Bonchev–Trinajstić information content (AvgIpc) is 2.82. The lowest BCUT2D eigenvalue weighted by molar-refractivity contribution is -0.384. The second-order valence-corrected chi connectivity index (χ2v) is 8.27. The maximum absolute atomic E-state index is 12.7. The van der Waals surface area contributed by atoms with Gasteiger partial charge in [-0.2, -0.15) is 9.97 Å². The maximum atomic E-state index is 12.7. The number of ether oxygens (including phenoxy) is 1. The third-order valence-electron chi connectivity index (χ3n) is 5.29. The maximum Gasteiger partial charge on any atom is 0.269 e. The molecule has 1 amide bonds. The largest absolute Gasteiger partial charge is 0.463 e. The molecule has 14 nitrogen and oxygen atoms in total. The van der Waals surface area contributed by atoms with Crippen molar-refractivity contribution in [1.29, 1.82) is 0 Å². The number of nitro benzene ring substituents is 1. The SMILES string of the molecule is CC(=O)Nc1nc(OC(C(C)=O)C(C(C)=O)c2ccc([N+](=O)[O-])cc2)c2ncc(C(O)C(C)O)nc2n1. The second kappa shape index (κ2) is 11.1. The van der Waals surface area contributed by atoms with Crippen molar-refractivity contribution in [3.05, 3.63) is 51.8 Å². The Morgan fingerprint density at radius 3 is 2.19 bits per heavy atom. The first kappa shape index (κ1) is 27.2. The number of aliphatic hydroxyl groups excluding tert-OH is 2. The fourth-order valence-electron chi connectivity index (χ4n) is 3.51. The summed E-state index contributed by atoms with van der Waals surface area (Å²) in [7, 11) is 0. The van der Waals surface area contributed by atoms with E-state index in [0.29, 0.717) is 5.56 Å². The molecule has 3 N–H and O–H groups in total. The van der Waals surface area contributed by atoms with E-state index in [1.807, 2.05) is 0 Å². The third-order valence-corrected chi connectivity index (χ3v) is 5.29. The van der Waals surface area contributed by atoms with E-state index in [1.165, 1.54) is 52.0 Å². The van der Waals surface area contributed by atoms with Gasteiger partial charge in [-0.25, -0.2) is 9.97 Å². The molecule has 0 saturated heterocycles. The van der Waals surface area contributed by atoms with E-state index in [1.54, 1.807) is 0 Å². The zero-order valence-corrected chi connectivity index (χ0v) is 20.3. The van der Waals surface area contributed by atoms with Crippen LogP contribution < -0.4 is 10.1 Å². The van der Waals surface area contributed by atoms with Crippen LogP contribution in [0.4, 0.5) is 11.6 Å². The molecule has 1 aromatic carbocycles. The number of aromatic nitrogens is 4. The van der Waals surface area contributed by atoms with E-state index >= 15 is 0 Å². The van der Waals surface area contributed by atoms with Crippen LogP contribution in [0.15, 0.2) is 30.5 Å². The van der Waals surface area contributed by atoms with Gasteiger partial charge in [0, 0.05) is 19.1 Å². The first-order chi connectivity index (χ1) is 17.4. The van der Waals surface area contributed by atoms with Gasteiger partial charge in [-0.05, 0) is 26.3 Å². The molecule has 0 spiro atoms. The van der Waals surface area contributed by atoms with Crippen molar-refractivity contribution in [1.82, 2.24) is 19.9 Å². The number of carbonyl (C=O) groups is 3. The molecule has 0 bridgehead atoms. The van der Waals surface area contributed by atoms with Crippen molar-refractivity contribution in [3.8, 4) is 5.88 Å². The van der Waals surface area contributed by atoms with Crippen LogP contribution in [-0.4, -0.2) is 64.8 Å². The molecule has 0 radical (unpaired) electrons. The summed E-state index contributed by atoms with van der Waals surface area (Å²) in [6.07, 6.45) is -2.81. The number of amides is 1. The zero-order valence-electron chi connectivity index (χ0n) is 20.3. The number of fused-ring (bicyclic) bond motifs is 1. The molecule has 0 saturated carbocycles. The van der Waals surface area contributed by atoms with Gasteiger partial charge in [-0.15, -0.1) is 0 Å². The highest BCUT2D eigenvalue weighted by Gasteiger charge is 2.34. The van der Waals surface area contributed by atoms with Gasteiger partial charge >= 0.3 is 0 Å². The Bertz CT molecular complexity index is 1360. The number of rotatable bonds is 10. The molecule has 2 heterocycles. The second-order valence-electron chi connectivity index (χ2n) is 8.27. The number of carbonyl (C=O) groups excluding carboxylic acids is 3. The molecular weight excluding hydrogens is 488 g/mol. The van der Waals surface area contributed by atoms with Gasteiger partial charge in [-0.3, -0.25) is 29.8 Å². The molecule has 14 heteroatoms. The summed E-state index contributed by atoms with van der Waals surface area (Å²) in [4.78, 5) is 63.9. The molecule has 2 aromatic heterocycles. The van der Waals surface area contributed by atoms with Gasteiger partial charge in [-0.1, -0.05) is 12.1 Å². The van der Waals surface area contributed by atoms with Gasteiger partial charge in [0.2, 0.25) is 17.7 Å². The van der Waals surface area contributed by atoms with Crippen molar-refractivity contribution in [2.45, 2.75) is 51.9 Å². The summed E-state index contributed by atoms with van der Waals surface area (Å²) in [5, 5.41) is 33.2. The van der Waals surface area contributed by atoms with Gasteiger partial charge in [0.05, 0.1) is 28.8 Å². The van der Waals surface area contributed by atoms with E-state index in [0.717, 1.165) is 6.20 Å². The summed E-state index contributed by atoms with van der Waals surface area (Å²) in [5.74, 6) is -3.22. The Morgan fingerprint density at radius 1 is 1.03 bits per heavy atom. The molecule has 0 aliphatic carbocycles. The minimum atomic E-state index is -1.42. The number of ketones is 2. The summed E-state index contributed by atoms with van der Waals surface area (Å²) < 4.78 is 5.89. The molecule has 3 rings (SSSR count). The predicted octanol–water partition coefficient (Wildman–Crippen LogP) is 1.41. The highest BCUT2D eigenvalue weighted by Crippen LogP contribution is 2.30. The highest BCUT2D eigenvalue weighted by molar-refractivity contribution is 5.93. The molecule has 4 atom stereocenters. The standard InChI is InChI=1S/C23H24N6O8/c1-10(30)17(14-5-7-15(8-6-14)29(35)36)20(12(3)32)37-22-18-21(27-23(28-22)25-13(4)33)26-16(9-24-18)19(34)11(2)31/h5-9,11,17,19-20,31,34H,1-4H3,(H,25,26,27,28,33). The Kier molecular flexibility index (Phi) is 8.14. The third kappa shape index (κ3) is 6.23. The minimum Gasteiger partial charge on any atom is -0.463 e. The number of non-ortho nitro benzene ring substituents is 1. The number of nitrogens with zero attached hydrogens (tertiary/aromatic N) is 5. The van der Waals surface area contributed by atoms with Crippen LogP contribution in [0.3, 0.4) is 0 Å². The summed E-state index contributed by atoms with van der Waals surface area (Å²) in [5.41, 5.74) is -0.0851. The van der Waals surface area contributed by atoms with Gasteiger partial charge in [0.25, 0.3) is 5.69 Å². The van der Waals surface area contributed by atoms with Crippen LogP contribution in [0, 0.1) is 10.1 Å². The van der Waals surface area contributed by atoms with Gasteiger partial charge in [0.1, 0.15) is 11.9 Å². The van der Waals surface area contributed by atoms with Crippen LogP contribution in [-0.2, 0) is 14.4 Å². The number of nitro groups is 1. The number of Topliss-reactive ketones (excluding diaryl/α,β-unsaturated/α-hetero) is 2. The number of aliphatic hydroxyl groups is 2. The van der Waals surface area contributed by atoms with Crippen molar-refractivity contribution in [2.75, 3.05) is 5.32 Å². The first-order valence-electron chi connectivity index (χ1n) is 11.0. The topological polar surface area (TPSA) is 208 Å². The Balaban J connectivity index is 2.12. The Hall–Kier alpha value is -4.43. The van der Waals surface area contributed by atoms with Crippen molar-refractivity contribution < 1.29 is 34.3 Å². The molecule has 0 aliphatic heterocycles. The number of hydrogen-bond donors (Lipinski definition) is 3. The number of hydrogen-bond acceptors (Lipinski definition) is 12. The zero-order chi connectivity index (χ0) is 27.4. The van der Waals surface area contributed by atoms with Crippen molar-refractivity contribution >= 4 is 40.3 Å². The van der Waals surface area contributed by atoms with Crippen molar-refractivity contribution in [2.24, 2.45) is 0 Å². The Morgan fingerprint density at radius 2 is 1.68 bits per heavy atom. The lowest BCUT2D eigenvalue weighted by Crippen LogP contribution is -2.36. The predicted molar refractivity (Wildman–Crippen MR) is 128 cm³/mol. The fraction of sp³-hybridized carbons (Fsp3) is 0.348. The quantitative estimate of drug-likeness (QED) is 0.260. The summed E-state index contributed by atoms with van der Waals surface area (Å²) in [6.45, 7) is 5.01. The highest BCUT2D eigenvalue weighted by atomic mass is 16.6.